The van der Waals surface area contributed by atoms with Gasteiger partial charge in [0.25, 0.3) is 11.6 Å². The lowest BCUT2D eigenvalue weighted by molar-refractivity contribution is -0.384. The zero-order valence-electron chi connectivity index (χ0n) is 15.0. The van der Waals surface area contributed by atoms with Crippen molar-refractivity contribution in [2.75, 3.05) is 5.01 Å². The molecule has 0 atom stereocenters. The smallest absolute Gasteiger partial charge is 0.280 e. The summed E-state index contributed by atoms with van der Waals surface area (Å²) in [7, 11) is 0. The van der Waals surface area contributed by atoms with Crippen molar-refractivity contribution in [2.45, 2.75) is 6.92 Å². The Morgan fingerprint density at radius 3 is 2.69 bits per heavy atom. The van der Waals surface area contributed by atoms with Crippen LogP contribution >= 0.6 is 11.6 Å². The molecule has 2 aromatic carbocycles. The minimum absolute atomic E-state index is 0.00301. The predicted octanol–water partition coefficient (Wildman–Crippen LogP) is 2.97. The van der Waals surface area contributed by atoms with Gasteiger partial charge in [-0.15, -0.1) is 0 Å². The number of non-ortho nitro benzene ring substituents is 1. The van der Waals surface area contributed by atoms with Crippen LogP contribution in [-0.4, -0.2) is 22.5 Å². The Morgan fingerprint density at radius 1 is 1.24 bits per heavy atom. The number of benzene rings is 2. The van der Waals surface area contributed by atoms with Crippen LogP contribution in [0.1, 0.15) is 22.8 Å². The fraction of sp³-hybridized carbons (Fsp3) is 0.0500. The maximum atomic E-state index is 12.7. The zero-order chi connectivity index (χ0) is 21.1. The van der Waals surface area contributed by atoms with E-state index in [2.05, 4.69) is 5.10 Å². The molecule has 9 heteroatoms. The number of hydrogen-bond donors (Lipinski definition) is 0. The Morgan fingerprint density at radius 2 is 2.00 bits per heavy atom. The van der Waals surface area contributed by atoms with Gasteiger partial charge in [-0.05, 0) is 36.8 Å². The van der Waals surface area contributed by atoms with Crippen LogP contribution in [0.4, 0.5) is 11.4 Å². The highest BCUT2D eigenvalue weighted by Gasteiger charge is 2.28. The van der Waals surface area contributed by atoms with E-state index in [-0.39, 0.29) is 22.0 Å². The van der Waals surface area contributed by atoms with E-state index < -0.39 is 16.8 Å². The summed E-state index contributed by atoms with van der Waals surface area (Å²) in [5.41, 5.74) is 1.30. The van der Waals surface area contributed by atoms with Crippen molar-refractivity contribution in [1.82, 2.24) is 0 Å². The molecule has 0 bridgehead atoms. The zero-order valence-corrected chi connectivity index (χ0v) is 15.8. The molecule has 146 valence electrons. The van der Waals surface area contributed by atoms with Gasteiger partial charge in [0.15, 0.2) is 0 Å². The first-order chi connectivity index (χ1) is 13.8. The van der Waals surface area contributed by atoms with Gasteiger partial charge in [-0.2, -0.15) is 10.1 Å². The van der Waals surface area contributed by atoms with Crippen LogP contribution in [0, 0.1) is 10.1 Å². The number of nitro benzene ring substituents is 1. The van der Waals surface area contributed by atoms with Gasteiger partial charge in [0.05, 0.1) is 27.9 Å². The quantitative estimate of drug-likeness (QED) is 0.426. The third kappa shape index (κ3) is 4.22. The lowest BCUT2D eigenvalue weighted by atomic mass is 10.1. The molecule has 2 aromatic rings. The normalized spacial score (nSPS) is 15.2. The van der Waals surface area contributed by atoms with Gasteiger partial charge in [-0.3, -0.25) is 14.9 Å². The van der Waals surface area contributed by atoms with Gasteiger partial charge in [0.1, 0.15) is 0 Å². The van der Waals surface area contributed by atoms with Crippen molar-refractivity contribution in [3.63, 3.8) is 0 Å². The maximum absolute atomic E-state index is 12.7. The number of nitro groups is 1. The van der Waals surface area contributed by atoms with Gasteiger partial charge in [-0.1, -0.05) is 35.9 Å². The first kappa shape index (κ1) is 20.0. The van der Waals surface area contributed by atoms with E-state index in [1.165, 1.54) is 36.4 Å². The molecule has 1 heterocycles. The molecule has 8 nitrogen and oxygen atoms in total. The average molecular weight is 411 g/mol. The van der Waals surface area contributed by atoms with Gasteiger partial charge < -0.3 is 9.90 Å². The summed E-state index contributed by atoms with van der Waals surface area (Å²) in [4.78, 5) is 34.2. The number of hydrogen-bond acceptors (Lipinski definition) is 6. The SMILES string of the molecule is CC1=NN(c2ccc(Cl)c(C(=O)[O-])c2)C(=O)/C1=C\C=C\c1cccc([N+](=O)[O-])c1. The van der Waals surface area contributed by atoms with Crippen molar-refractivity contribution < 1.29 is 19.6 Å². The van der Waals surface area contributed by atoms with E-state index in [9.17, 15) is 24.8 Å². The van der Waals surface area contributed by atoms with Crippen LogP contribution in [0.2, 0.25) is 5.02 Å². The first-order valence-electron chi connectivity index (χ1n) is 8.31. The molecule has 1 amide bonds. The predicted molar refractivity (Wildman–Crippen MR) is 107 cm³/mol. The highest BCUT2D eigenvalue weighted by Crippen LogP contribution is 2.27. The molecule has 29 heavy (non-hydrogen) atoms. The second-order valence-corrected chi connectivity index (χ2v) is 6.45. The highest BCUT2D eigenvalue weighted by atomic mass is 35.5. The van der Waals surface area contributed by atoms with E-state index in [1.54, 1.807) is 31.2 Å². The van der Waals surface area contributed by atoms with Crippen molar-refractivity contribution >= 4 is 46.6 Å². The number of carbonyl (C=O) groups excluding carboxylic acids is 2. The number of carboxylic acid groups (broad SMARTS) is 1. The van der Waals surface area contributed by atoms with Crippen LogP contribution in [0.5, 0.6) is 0 Å². The van der Waals surface area contributed by atoms with Gasteiger partial charge in [0, 0.05) is 22.7 Å². The minimum Gasteiger partial charge on any atom is -0.545 e. The molecular formula is C20H13ClN3O5-. The highest BCUT2D eigenvalue weighted by molar-refractivity contribution is 6.34. The fourth-order valence-corrected chi connectivity index (χ4v) is 2.88. The number of hydrazone groups is 1. The largest absolute Gasteiger partial charge is 0.545 e. The van der Waals surface area contributed by atoms with Crippen molar-refractivity contribution in [3.05, 3.63) is 86.5 Å². The van der Waals surface area contributed by atoms with E-state index >= 15 is 0 Å². The summed E-state index contributed by atoms with van der Waals surface area (Å²) in [5, 5.41) is 27.2. The molecule has 0 aromatic heterocycles. The number of allylic oxidation sites excluding steroid dienone is 2. The summed E-state index contributed by atoms with van der Waals surface area (Å²) in [6.07, 6.45) is 4.75. The summed E-state index contributed by atoms with van der Waals surface area (Å²) in [5.74, 6) is -1.90. The van der Waals surface area contributed by atoms with E-state index in [1.807, 2.05) is 0 Å². The van der Waals surface area contributed by atoms with Crippen molar-refractivity contribution in [1.29, 1.82) is 0 Å². The van der Waals surface area contributed by atoms with E-state index in [4.69, 9.17) is 11.6 Å². The molecule has 0 aliphatic carbocycles. The number of amides is 1. The Labute approximate surface area is 170 Å². The molecule has 0 unspecified atom stereocenters. The van der Waals surface area contributed by atoms with Crippen LogP contribution < -0.4 is 10.1 Å². The first-order valence-corrected chi connectivity index (χ1v) is 8.69. The molecule has 1 aliphatic heterocycles. The van der Waals surface area contributed by atoms with Crippen LogP contribution in [0.25, 0.3) is 6.08 Å². The number of rotatable bonds is 5. The standard InChI is InChI=1S/C20H14ClN3O5/c1-12-16(7-3-5-13-4-2-6-15(10-13)24(28)29)19(25)23(22-12)14-8-9-18(21)17(11-14)20(26)27/h2-11H,1H3,(H,26,27)/p-1/b5-3+,16-7-. The molecule has 0 radical (unpaired) electrons. The summed E-state index contributed by atoms with van der Waals surface area (Å²) >= 11 is 5.83. The number of aromatic carboxylic acids is 1. The lowest BCUT2D eigenvalue weighted by Crippen LogP contribution is -2.25. The molecular weight excluding hydrogens is 398 g/mol. The third-order valence-corrected chi connectivity index (χ3v) is 4.44. The number of carboxylic acids is 1. The van der Waals surface area contributed by atoms with Crippen LogP contribution in [0.3, 0.4) is 0 Å². The lowest BCUT2D eigenvalue weighted by Gasteiger charge is -2.14. The van der Waals surface area contributed by atoms with E-state index in [0.717, 1.165) is 5.01 Å². The molecule has 3 rings (SSSR count). The Hall–Kier alpha value is -3.78. The summed E-state index contributed by atoms with van der Waals surface area (Å²) in [6.45, 7) is 1.64. The maximum Gasteiger partial charge on any atom is 0.280 e. The number of nitrogens with zero attached hydrogens (tertiary/aromatic N) is 3. The number of anilines is 1. The summed E-state index contributed by atoms with van der Waals surface area (Å²) < 4.78 is 0. The second-order valence-electron chi connectivity index (χ2n) is 6.05. The van der Waals surface area contributed by atoms with Crippen LogP contribution in [-0.2, 0) is 4.79 Å². The Kier molecular flexibility index (Phi) is 5.56. The molecule has 0 saturated carbocycles. The molecule has 0 N–H and O–H groups in total. The minimum atomic E-state index is -1.46. The fourth-order valence-electron chi connectivity index (χ4n) is 2.68. The second kappa shape index (κ2) is 8.07. The average Bonchev–Trinajstić information content (AvgIpc) is 2.96. The molecule has 0 fully saturated rings. The van der Waals surface area contributed by atoms with Gasteiger partial charge in [0.2, 0.25) is 0 Å². The van der Waals surface area contributed by atoms with Crippen LogP contribution in [0.15, 0.2) is 65.3 Å². The third-order valence-electron chi connectivity index (χ3n) is 4.11. The van der Waals surface area contributed by atoms with Crippen molar-refractivity contribution in [3.8, 4) is 0 Å². The molecule has 0 spiro atoms. The molecule has 1 aliphatic rings. The summed E-state index contributed by atoms with van der Waals surface area (Å²) in [6, 6.07) is 10.1. The Balaban J connectivity index is 1.85. The van der Waals surface area contributed by atoms with Crippen molar-refractivity contribution in [2.24, 2.45) is 5.10 Å². The molecule has 0 saturated heterocycles. The van der Waals surface area contributed by atoms with Gasteiger partial charge >= 0.3 is 0 Å². The number of carbonyl (C=O) groups is 2. The Bertz CT molecular complexity index is 1120. The topological polar surface area (TPSA) is 116 Å². The number of halogens is 1. The van der Waals surface area contributed by atoms with E-state index in [0.29, 0.717) is 16.8 Å². The monoisotopic (exact) mass is 410 g/mol. The van der Waals surface area contributed by atoms with Gasteiger partial charge in [-0.25, -0.2) is 0 Å².